The zero-order valence-corrected chi connectivity index (χ0v) is 34.6. The number of nitrogens with zero attached hydrogens (tertiary/aromatic N) is 9. The van der Waals surface area contributed by atoms with Gasteiger partial charge in [0, 0.05) is 33.1 Å². The molecule has 0 N–H and O–H groups in total. The monoisotopic (exact) mass is 808 g/mol. The molecule has 0 saturated heterocycles. The predicted octanol–water partition coefficient (Wildman–Crippen LogP) is 9.05. The molecule has 4 aromatic rings. The van der Waals surface area contributed by atoms with Crippen molar-refractivity contribution in [3.05, 3.63) is 130 Å². The van der Waals surface area contributed by atoms with Crippen molar-refractivity contribution in [1.82, 2.24) is 14.7 Å². The molecular formula is C35H42N9O4P4S+. The van der Waals surface area contributed by atoms with Crippen LogP contribution in [-0.4, -0.2) is 81.5 Å². The third-order valence-electron chi connectivity index (χ3n) is 6.96. The van der Waals surface area contributed by atoms with Gasteiger partial charge in [0.05, 0.1) is 19.5 Å². The number of ether oxygens (including phenoxy) is 2. The topological polar surface area (TPSA) is 132 Å². The Morgan fingerprint density at radius 2 is 1.32 bits per heavy atom. The van der Waals surface area contributed by atoms with E-state index >= 15 is 0 Å². The molecule has 4 atom stereocenters. The second-order valence-electron chi connectivity index (χ2n) is 11.4. The fourth-order valence-electron chi connectivity index (χ4n) is 4.15. The third-order valence-corrected chi connectivity index (χ3v) is 12.1. The highest BCUT2D eigenvalue weighted by Crippen LogP contribution is 2.63. The van der Waals surface area contributed by atoms with Crippen LogP contribution < -0.4 is 18.5 Å². The summed E-state index contributed by atoms with van der Waals surface area (Å²) in [6, 6.07) is 30.8. The number of benzene rings is 4. The summed E-state index contributed by atoms with van der Waals surface area (Å²) in [5, 5.41) is 10.6. The predicted molar refractivity (Wildman–Crippen MR) is 227 cm³/mol. The molecule has 276 valence electrons. The SMILES string of the molecule is CN(C)CCc1ccc(O[P+](=S)N(C)/N=C/c2ccc(OCN=Cc3ccc(OCN(C)/N=C/c4ccc(OP(P)PN=[N+]=[N-])cc4)cc3)cc2)cc1. The second kappa shape index (κ2) is 22.8. The lowest BCUT2D eigenvalue weighted by Gasteiger charge is -2.14. The maximum absolute atomic E-state index is 8.44. The van der Waals surface area contributed by atoms with E-state index in [1.54, 1.807) is 28.4 Å². The van der Waals surface area contributed by atoms with Crippen molar-refractivity contribution < 1.29 is 18.5 Å². The number of likely N-dealkylation sites (N-methyl/N-ethyl adjacent to an activating group) is 1. The Balaban J connectivity index is 1.13. The fraction of sp³-hybridized carbons (Fsp3) is 0.229. The lowest BCUT2D eigenvalue weighted by Crippen LogP contribution is -2.18. The molecule has 0 aliphatic heterocycles. The minimum atomic E-state index is -1.35. The average Bonchev–Trinajstić information content (AvgIpc) is 3.17. The Labute approximate surface area is 321 Å². The molecule has 13 nitrogen and oxygen atoms in total. The van der Waals surface area contributed by atoms with Crippen LogP contribution in [0.2, 0.25) is 0 Å². The van der Waals surface area contributed by atoms with Crippen LogP contribution in [0.3, 0.4) is 0 Å². The van der Waals surface area contributed by atoms with Gasteiger partial charge in [0.15, 0.2) is 19.2 Å². The van der Waals surface area contributed by atoms with Gasteiger partial charge in [0.25, 0.3) is 0 Å². The molecule has 4 rings (SSSR count). The van der Waals surface area contributed by atoms with Gasteiger partial charge in [-0.25, -0.2) is 0 Å². The highest BCUT2D eigenvalue weighted by atomic mass is 32.4. The van der Waals surface area contributed by atoms with E-state index in [1.165, 1.54) is 5.56 Å². The van der Waals surface area contributed by atoms with Crippen molar-refractivity contribution in [3.63, 3.8) is 0 Å². The summed E-state index contributed by atoms with van der Waals surface area (Å²) in [7, 11) is 8.15. The van der Waals surface area contributed by atoms with Crippen molar-refractivity contribution in [1.29, 1.82) is 0 Å². The van der Waals surface area contributed by atoms with Gasteiger partial charge in [-0.3, -0.25) is 14.5 Å². The Morgan fingerprint density at radius 3 is 1.92 bits per heavy atom. The third kappa shape index (κ3) is 16.1. The van der Waals surface area contributed by atoms with Crippen molar-refractivity contribution >= 4 is 62.4 Å². The minimum absolute atomic E-state index is 0.0487. The Morgan fingerprint density at radius 1 is 0.774 bits per heavy atom. The fourth-order valence-corrected chi connectivity index (χ4v) is 7.26. The lowest BCUT2D eigenvalue weighted by atomic mass is 10.1. The smallest absolute Gasteiger partial charge is 0.472 e. The van der Waals surface area contributed by atoms with E-state index in [9.17, 15) is 0 Å². The summed E-state index contributed by atoms with van der Waals surface area (Å²) in [5.74, 6) is 2.86. The lowest BCUT2D eigenvalue weighted by molar-refractivity contribution is 0.158. The van der Waals surface area contributed by atoms with Crippen LogP contribution in [0.25, 0.3) is 10.4 Å². The van der Waals surface area contributed by atoms with Crippen LogP contribution in [-0.2, 0) is 18.2 Å². The molecule has 0 aliphatic carbocycles. The molecule has 0 radical (unpaired) electrons. The van der Waals surface area contributed by atoms with E-state index < -0.39 is 14.6 Å². The second-order valence-corrected chi connectivity index (χ2v) is 19.7. The summed E-state index contributed by atoms with van der Waals surface area (Å²) < 4.78 is 25.0. The van der Waals surface area contributed by atoms with Gasteiger partial charge in [0.1, 0.15) is 24.8 Å². The maximum atomic E-state index is 8.44. The number of rotatable bonds is 21. The molecule has 0 bridgehead atoms. The normalized spacial score (nSPS) is 12.4. The summed E-state index contributed by atoms with van der Waals surface area (Å²) in [6.07, 6.45) is 6.22. The van der Waals surface area contributed by atoms with Gasteiger partial charge >= 0.3 is 7.07 Å². The van der Waals surface area contributed by atoms with Gasteiger partial charge < -0.3 is 18.9 Å². The highest BCUT2D eigenvalue weighted by molar-refractivity contribution is 8.45. The Hall–Kier alpha value is -4.23. The minimum Gasteiger partial charge on any atom is -0.472 e. The first-order valence-corrected chi connectivity index (χ1v) is 23.1. The number of hydrogen-bond donors (Lipinski definition) is 0. The molecule has 18 heteroatoms. The zero-order valence-electron chi connectivity index (χ0n) is 29.8. The van der Waals surface area contributed by atoms with Crippen LogP contribution in [0, 0.1) is 0 Å². The van der Waals surface area contributed by atoms with Crippen molar-refractivity contribution in [2.24, 2.45) is 20.1 Å². The maximum Gasteiger partial charge on any atom is 0.540 e. The summed E-state index contributed by atoms with van der Waals surface area (Å²) >= 11 is 5.55. The average molecular weight is 809 g/mol. The molecule has 0 aromatic heterocycles. The molecule has 0 spiro atoms. The first kappa shape index (κ1) is 41.5. The molecule has 4 unspecified atom stereocenters. The zero-order chi connectivity index (χ0) is 37.8. The van der Waals surface area contributed by atoms with Crippen LogP contribution >= 0.6 is 31.9 Å². The molecular weight excluding hydrogens is 766 g/mol. The van der Waals surface area contributed by atoms with Gasteiger partial charge in [-0.1, -0.05) is 30.7 Å². The molecule has 0 saturated carbocycles. The van der Waals surface area contributed by atoms with Gasteiger partial charge in [-0.2, -0.15) is 5.10 Å². The van der Waals surface area contributed by atoms with Gasteiger partial charge in [-0.15, -0.1) is 5.10 Å². The standard InChI is InChI=1S/C35H42N9O4P4S/c1-42(2)22-21-28-5-17-34(18-6-28)47-51(53)44(4)39-25-31-9-13-32(14-10-31)45-26-37-23-29-7-15-33(16-8-29)46-27-43(3)38-24-30-11-19-35(20-12-30)48-52(49)50-41-40-36/h5-20,23-25,50H,21-22,26-27,49H2,1-4H3/q+1/b37-23?,38-24+,39-25+. The first-order valence-electron chi connectivity index (χ1n) is 16.2. The van der Waals surface area contributed by atoms with Crippen molar-refractivity contribution in [2.75, 3.05) is 48.2 Å². The van der Waals surface area contributed by atoms with E-state index in [1.807, 2.05) is 99.0 Å². The highest BCUT2D eigenvalue weighted by Gasteiger charge is 2.20. The van der Waals surface area contributed by atoms with E-state index in [0.29, 0.717) is 17.2 Å². The van der Waals surface area contributed by atoms with Crippen LogP contribution in [0.1, 0.15) is 22.3 Å². The van der Waals surface area contributed by atoms with Gasteiger partial charge in [0.2, 0.25) is 11.8 Å². The number of hydrogen-bond acceptors (Lipinski definition) is 11. The Kier molecular flexibility index (Phi) is 17.8. The molecule has 4 aromatic carbocycles. The summed E-state index contributed by atoms with van der Waals surface area (Å²) in [4.78, 5) is 12.9. The van der Waals surface area contributed by atoms with Crippen molar-refractivity contribution in [3.8, 4) is 23.0 Å². The molecule has 0 fully saturated rings. The van der Waals surface area contributed by atoms with E-state index in [0.717, 1.165) is 35.4 Å². The van der Waals surface area contributed by atoms with Crippen LogP contribution in [0.4, 0.5) is 0 Å². The largest absolute Gasteiger partial charge is 0.540 e. The van der Waals surface area contributed by atoms with E-state index in [4.69, 9.17) is 35.9 Å². The molecule has 0 heterocycles. The quantitative estimate of drug-likeness (QED) is 0.0155. The van der Waals surface area contributed by atoms with Crippen molar-refractivity contribution in [2.45, 2.75) is 6.42 Å². The van der Waals surface area contributed by atoms with E-state index in [2.05, 4.69) is 65.0 Å². The number of azide groups is 1. The first-order chi connectivity index (χ1) is 25.7. The molecule has 0 aliphatic rings. The van der Waals surface area contributed by atoms with Crippen LogP contribution in [0.15, 0.2) is 117 Å². The molecule has 0 amide bonds. The Bertz CT molecular complexity index is 1860. The number of hydrazone groups is 2. The summed E-state index contributed by atoms with van der Waals surface area (Å²) in [6.45, 7) is 1.45. The molecule has 53 heavy (non-hydrogen) atoms. The summed E-state index contributed by atoms with van der Waals surface area (Å²) in [5.41, 5.74) is 12.4. The number of aliphatic imine (C=N–C) groups is 1. The van der Waals surface area contributed by atoms with Crippen LogP contribution in [0.5, 0.6) is 23.0 Å². The van der Waals surface area contributed by atoms with Gasteiger partial charge in [-0.05, 0) is 133 Å². The van der Waals surface area contributed by atoms with E-state index in [-0.39, 0.29) is 21.9 Å².